The maximum Gasteiger partial charge on any atom is 0.237 e. The molecule has 1 saturated heterocycles. The summed E-state index contributed by atoms with van der Waals surface area (Å²) in [6.45, 7) is 5.37. The summed E-state index contributed by atoms with van der Waals surface area (Å²) in [5.41, 5.74) is 4.86. The smallest absolute Gasteiger partial charge is 0.237 e. The average molecular weight is 259 g/mol. The molecule has 1 aliphatic heterocycles. The molecule has 0 radical (unpaired) electrons. The SMILES string of the molecule is COC(CC(C)(C(N)=O)N1CCCNCC1)OC. The van der Waals surface area contributed by atoms with Crippen LogP contribution in [0.1, 0.15) is 19.8 Å². The van der Waals surface area contributed by atoms with Crippen LogP contribution in [0, 0.1) is 0 Å². The van der Waals surface area contributed by atoms with Crippen molar-refractivity contribution in [3.05, 3.63) is 0 Å². The van der Waals surface area contributed by atoms with E-state index in [2.05, 4.69) is 10.2 Å². The van der Waals surface area contributed by atoms with Crippen LogP contribution in [0.15, 0.2) is 0 Å². The Morgan fingerprint density at radius 2 is 2.06 bits per heavy atom. The van der Waals surface area contributed by atoms with Crippen molar-refractivity contribution in [2.24, 2.45) is 5.73 Å². The molecule has 1 heterocycles. The van der Waals surface area contributed by atoms with Crippen molar-refractivity contribution in [2.75, 3.05) is 40.4 Å². The summed E-state index contributed by atoms with van der Waals surface area (Å²) in [7, 11) is 3.14. The highest BCUT2D eigenvalue weighted by Gasteiger charge is 2.40. The molecule has 6 nitrogen and oxygen atoms in total. The second-order valence-corrected chi connectivity index (χ2v) is 4.83. The fraction of sp³-hybridized carbons (Fsp3) is 0.917. The van der Waals surface area contributed by atoms with Crippen LogP contribution in [0.3, 0.4) is 0 Å². The monoisotopic (exact) mass is 259 g/mol. The zero-order valence-corrected chi connectivity index (χ0v) is 11.6. The lowest BCUT2D eigenvalue weighted by atomic mass is 9.93. The topological polar surface area (TPSA) is 76.8 Å². The summed E-state index contributed by atoms with van der Waals surface area (Å²) in [6.07, 6.45) is 1.03. The van der Waals surface area contributed by atoms with Crippen molar-refractivity contribution in [3.63, 3.8) is 0 Å². The van der Waals surface area contributed by atoms with Crippen molar-refractivity contribution >= 4 is 5.91 Å². The number of nitrogens with zero attached hydrogens (tertiary/aromatic N) is 1. The molecule has 1 aliphatic rings. The molecule has 1 amide bonds. The molecule has 1 atom stereocenters. The standard InChI is InChI=1S/C12H25N3O3/c1-12(11(13)16,9-10(17-2)18-3)15-7-4-5-14-6-8-15/h10,14H,4-9H2,1-3H3,(H2,13,16). The van der Waals surface area contributed by atoms with Crippen LogP contribution in [-0.4, -0.2) is 63.0 Å². The molecule has 3 N–H and O–H groups in total. The Morgan fingerprint density at radius 1 is 1.39 bits per heavy atom. The van der Waals surface area contributed by atoms with Gasteiger partial charge in [-0.2, -0.15) is 0 Å². The van der Waals surface area contributed by atoms with Gasteiger partial charge in [0.1, 0.15) is 5.54 Å². The molecule has 0 aliphatic carbocycles. The minimum Gasteiger partial charge on any atom is -0.368 e. The number of carbonyl (C=O) groups excluding carboxylic acids is 1. The van der Waals surface area contributed by atoms with Gasteiger partial charge in [0.2, 0.25) is 5.91 Å². The summed E-state index contributed by atoms with van der Waals surface area (Å²) in [6, 6.07) is 0. The van der Waals surface area contributed by atoms with Gasteiger partial charge in [0.15, 0.2) is 6.29 Å². The minimum atomic E-state index is -0.733. The van der Waals surface area contributed by atoms with Gasteiger partial charge >= 0.3 is 0 Å². The molecule has 1 fully saturated rings. The zero-order chi connectivity index (χ0) is 13.6. The number of hydrogen-bond donors (Lipinski definition) is 2. The maximum atomic E-state index is 11.8. The molecule has 0 bridgehead atoms. The highest BCUT2D eigenvalue weighted by molar-refractivity contribution is 5.84. The molecule has 0 spiro atoms. The van der Waals surface area contributed by atoms with Crippen LogP contribution in [0.2, 0.25) is 0 Å². The Balaban J connectivity index is 2.80. The van der Waals surface area contributed by atoms with E-state index >= 15 is 0 Å². The Morgan fingerprint density at radius 3 is 2.61 bits per heavy atom. The van der Waals surface area contributed by atoms with Gasteiger partial charge in [-0.05, 0) is 19.9 Å². The number of amides is 1. The van der Waals surface area contributed by atoms with Gasteiger partial charge in [-0.1, -0.05) is 0 Å². The van der Waals surface area contributed by atoms with Gasteiger partial charge in [0.25, 0.3) is 0 Å². The molecule has 1 unspecified atom stereocenters. The number of ether oxygens (including phenoxy) is 2. The largest absolute Gasteiger partial charge is 0.368 e. The normalized spacial score (nSPS) is 21.6. The van der Waals surface area contributed by atoms with Crippen molar-refractivity contribution in [2.45, 2.75) is 31.6 Å². The van der Waals surface area contributed by atoms with Crippen molar-refractivity contribution in [1.29, 1.82) is 0 Å². The fourth-order valence-corrected chi connectivity index (χ4v) is 2.31. The Kier molecular flexibility index (Phi) is 6.01. The second-order valence-electron chi connectivity index (χ2n) is 4.83. The molecule has 6 heteroatoms. The predicted octanol–water partition coefficient (Wildman–Crippen LogP) is -0.465. The first-order valence-corrected chi connectivity index (χ1v) is 6.36. The Labute approximate surface area is 109 Å². The maximum absolute atomic E-state index is 11.8. The summed E-state index contributed by atoms with van der Waals surface area (Å²) >= 11 is 0. The van der Waals surface area contributed by atoms with Crippen molar-refractivity contribution < 1.29 is 14.3 Å². The predicted molar refractivity (Wildman–Crippen MR) is 69.1 cm³/mol. The molecular weight excluding hydrogens is 234 g/mol. The van der Waals surface area contributed by atoms with E-state index in [9.17, 15) is 4.79 Å². The summed E-state index contributed by atoms with van der Waals surface area (Å²) < 4.78 is 10.4. The first-order valence-electron chi connectivity index (χ1n) is 6.36. The Bertz CT molecular complexity index is 263. The molecule has 106 valence electrons. The molecule has 0 saturated carbocycles. The third kappa shape index (κ3) is 3.65. The fourth-order valence-electron chi connectivity index (χ4n) is 2.31. The number of methoxy groups -OCH3 is 2. The van der Waals surface area contributed by atoms with Gasteiger partial charge in [-0.15, -0.1) is 0 Å². The van der Waals surface area contributed by atoms with Gasteiger partial charge in [-0.3, -0.25) is 9.69 Å². The lowest BCUT2D eigenvalue weighted by Crippen LogP contribution is -2.58. The van der Waals surface area contributed by atoms with Crippen LogP contribution >= 0.6 is 0 Å². The Hall–Kier alpha value is -0.690. The van der Waals surface area contributed by atoms with Crippen molar-refractivity contribution in [1.82, 2.24) is 10.2 Å². The van der Waals surface area contributed by atoms with E-state index in [1.807, 2.05) is 6.92 Å². The molecule has 0 aromatic carbocycles. The van der Waals surface area contributed by atoms with E-state index < -0.39 is 11.8 Å². The van der Waals surface area contributed by atoms with E-state index in [1.165, 1.54) is 0 Å². The van der Waals surface area contributed by atoms with E-state index in [4.69, 9.17) is 15.2 Å². The molecule has 1 rings (SSSR count). The van der Waals surface area contributed by atoms with Gasteiger partial charge < -0.3 is 20.5 Å². The van der Waals surface area contributed by atoms with Crippen LogP contribution in [0.25, 0.3) is 0 Å². The molecule has 18 heavy (non-hydrogen) atoms. The lowest BCUT2D eigenvalue weighted by Gasteiger charge is -2.39. The molecule has 0 aromatic rings. The first kappa shape index (κ1) is 15.4. The lowest BCUT2D eigenvalue weighted by molar-refractivity contribution is -0.149. The first-order chi connectivity index (χ1) is 8.54. The third-order valence-electron chi connectivity index (χ3n) is 3.66. The van der Waals surface area contributed by atoms with Gasteiger partial charge in [-0.25, -0.2) is 0 Å². The average Bonchev–Trinajstić information content (AvgIpc) is 2.64. The van der Waals surface area contributed by atoms with Crippen LogP contribution in [-0.2, 0) is 14.3 Å². The number of hydrogen-bond acceptors (Lipinski definition) is 5. The van der Waals surface area contributed by atoms with Gasteiger partial charge in [0.05, 0.1) is 0 Å². The number of nitrogens with two attached hydrogens (primary N) is 1. The minimum absolute atomic E-state index is 0.330. The van der Waals surface area contributed by atoms with E-state index in [0.717, 1.165) is 32.6 Å². The van der Waals surface area contributed by atoms with E-state index in [0.29, 0.717) is 6.42 Å². The highest BCUT2D eigenvalue weighted by atomic mass is 16.7. The van der Waals surface area contributed by atoms with Crippen LogP contribution in [0.4, 0.5) is 0 Å². The summed E-state index contributed by atoms with van der Waals surface area (Å²) in [5.74, 6) is -0.330. The van der Waals surface area contributed by atoms with Crippen LogP contribution < -0.4 is 11.1 Å². The van der Waals surface area contributed by atoms with Gasteiger partial charge in [0, 0.05) is 40.3 Å². The number of nitrogens with one attached hydrogen (secondary N) is 1. The quantitative estimate of drug-likeness (QED) is 0.631. The number of carbonyl (C=O) groups is 1. The second kappa shape index (κ2) is 7.04. The number of primary amides is 1. The zero-order valence-electron chi connectivity index (χ0n) is 11.6. The van der Waals surface area contributed by atoms with E-state index in [1.54, 1.807) is 14.2 Å². The third-order valence-corrected chi connectivity index (χ3v) is 3.66. The van der Waals surface area contributed by atoms with E-state index in [-0.39, 0.29) is 5.91 Å². The van der Waals surface area contributed by atoms with Crippen LogP contribution in [0.5, 0.6) is 0 Å². The summed E-state index contributed by atoms with van der Waals surface area (Å²) in [4.78, 5) is 14.0. The molecule has 0 aromatic heterocycles. The summed E-state index contributed by atoms with van der Waals surface area (Å²) in [5, 5.41) is 3.31. The van der Waals surface area contributed by atoms with Crippen molar-refractivity contribution in [3.8, 4) is 0 Å². The number of rotatable bonds is 6. The highest BCUT2D eigenvalue weighted by Crippen LogP contribution is 2.23. The molecular formula is C12H25N3O3.